The number of aliphatic imine (C=N–C) groups is 1. The highest BCUT2D eigenvalue weighted by Gasteiger charge is 2.11. The molecule has 2 N–H and O–H groups in total. The summed E-state index contributed by atoms with van der Waals surface area (Å²) in [5, 5.41) is 7.22. The molecule has 26 heavy (non-hydrogen) atoms. The SMILES string of the molecule is CN=C(NCc1cnc(C)s1)NCc1cc(F)ccc1CS(C)(=O)=O.I. The summed E-state index contributed by atoms with van der Waals surface area (Å²) >= 11 is 1.59. The van der Waals surface area contributed by atoms with E-state index < -0.39 is 15.7 Å². The first-order valence-corrected chi connectivity index (χ1v) is 10.5. The fourth-order valence-corrected chi connectivity index (χ4v) is 3.82. The van der Waals surface area contributed by atoms with E-state index in [2.05, 4.69) is 20.6 Å². The van der Waals surface area contributed by atoms with Crippen molar-refractivity contribution in [3.63, 3.8) is 0 Å². The lowest BCUT2D eigenvalue weighted by molar-refractivity contribution is 0.599. The molecular formula is C16H22FIN4O2S2. The predicted molar refractivity (Wildman–Crippen MR) is 114 cm³/mol. The van der Waals surface area contributed by atoms with Crippen LogP contribution in [-0.2, 0) is 28.7 Å². The number of aromatic nitrogens is 1. The molecule has 144 valence electrons. The van der Waals surface area contributed by atoms with Crippen molar-refractivity contribution >= 4 is 51.1 Å². The molecule has 0 unspecified atom stereocenters. The van der Waals surface area contributed by atoms with Crippen molar-refractivity contribution in [3.8, 4) is 0 Å². The van der Waals surface area contributed by atoms with Gasteiger partial charge in [-0.15, -0.1) is 35.3 Å². The second-order valence-electron chi connectivity index (χ2n) is 5.61. The third-order valence-electron chi connectivity index (χ3n) is 3.36. The maximum Gasteiger partial charge on any atom is 0.191 e. The van der Waals surface area contributed by atoms with E-state index in [1.165, 1.54) is 18.2 Å². The van der Waals surface area contributed by atoms with Crippen LogP contribution in [0.2, 0.25) is 0 Å². The lowest BCUT2D eigenvalue weighted by atomic mass is 10.1. The summed E-state index contributed by atoms with van der Waals surface area (Å²) in [6, 6.07) is 4.11. The highest BCUT2D eigenvalue weighted by Crippen LogP contribution is 2.14. The third-order valence-corrected chi connectivity index (χ3v) is 5.10. The van der Waals surface area contributed by atoms with Crippen molar-refractivity contribution in [1.29, 1.82) is 0 Å². The Morgan fingerprint density at radius 2 is 1.96 bits per heavy atom. The Hall–Kier alpha value is -1.27. The Labute approximate surface area is 174 Å². The summed E-state index contributed by atoms with van der Waals surface area (Å²) < 4.78 is 36.6. The van der Waals surface area contributed by atoms with Gasteiger partial charge in [-0.2, -0.15) is 0 Å². The zero-order chi connectivity index (χ0) is 18.4. The molecule has 2 rings (SSSR count). The van der Waals surface area contributed by atoms with E-state index in [-0.39, 0.29) is 36.3 Å². The lowest BCUT2D eigenvalue weighted by Crippen LogP contribution is -2.36. The normalized spacial score (nSPS) is 11.8. The molecule has 1 aromatic heterocycles. The van der Waals surface area contributed by atoms with Crippen LogP contribution in [0, 0.1) is 12.7 Å². The summed E-state index contributed by atoms with van der Waals surface area (Å²) in [4.78, 5) is 9.38. The van der Waals surface area contributed by atoms with E-state index >= 15 is 0 Å². The van der Waals surface area contributed by atoms with Crippen molar-refractivity contribution in [3.05, 3.63) is 51.2 Å². The van der Waals surface area contributed by atoms with Gasteiger partial charge < -0.3 is 10.6 Å². The smallest absolute Gasteiger partial charge is 0.191 e. The van der Waals surface area contributed by atoms with Crippen LogP contribution in [-0.4, -0.2) is 32.7 Å². The second-order valence-corrected chi connectivity index (χ2v) is 9.07. The summed E-state index contributed by atoms with van der Waals surface area (Å²) in [5.74, 6) is 0.00830. The van der Waals surface area contributed by atoms with Crippen LogP contribution in [0.25, 0.3) is 0 Å². The Morgan fingerprint density at radius 1 is 1.27 bits per heavy atom. The minimum atomic E-state index is -3.20. The van der Waals surface area contributed by atoms with Crippen LogP contribution in [0.3, 0.4) is 0 Å². The number of sulfone groups is 1. The number of halogens is 2. The van der Waals surface area contributed by atoms with Gasteiger partial charge in [0.2, 0.25) is 0 Å². The molecule has 0 amide bonds. The topological polar surface area (TPSA) is 83.4 Å². The van der Waals surface area contributed by atoms with Crippen molar-refractivity contribution in [1.82, 2.24) is 15.6 Å². The van der Waals surface area contributed by atoms with E-state index in [0.29, 0.717) is 23.6 Å². The van der Waals surface area contributed by atoms with Gasteiger partial charge in [0.05, 0.1) is 17.3 Å². The molecular weight excluding hydrogens is 490 g/mol. The van der Waals surface area contributed by atoms with Gasteiger partial charge in [-0.3, -0.25) is 4.99 Å². The van der Waals surface area contributed by atoms with Gasteiger partial charge in [-0.25, -0.2) is 17.8 Å². The van der Waals surface area contributed by atoms with Crippen molar-refractivity contribution < 1.29 is 12.8 Å². The van der Waals surface area contributed by atoms with Crippen LogP contribution in [0.1, 0.15) is 21.0 Å². The minimum Gasteiger partial charge on any atom is -0.352 e. The van der Waals surface area contributed by atoms with Gasteiger partial charge in [0.15, 0.2) is 15.8 Å². The predicted octanol–water partition coefficient (Wildman–Crippen LogP) is 2.62. The molecule has 0 fully saturated rings. The van der Waals surface area contributed by atoms with Crippen LogP contribution in [0.5, 0.6) is 0 Å². The molecule has 0 aliphatic carbocycles. The van der Waals surface area contributed by atoms with Crippen LogP contribution in [0.4, 0.5) is 4.39 Å². The maximum atomic E-state index is 13.5. The summed E-state index contributed by atoms with van der Waals surface area (Å²) in [7, 11) is -1.57. The van der Waals surface area contributed by atoms with Gasteiger partial charge in [0.25, 0.3) is 0 Å². The Kier molecular flexibility index (Phi) is 8.90. The molecule has 0 radical (unpaired) electrons. The first-order valence-electron chi connectivity index (χ1n) is 7.57. The number of nitrogens with zero attached hydrogens (tertiary/aromatic N) is 2. The van der Waals surface area contributed by atoms with E-state index in [9.17, 15) is 12.8 Å². The molecule has 6 nitrogen and oxygen atoms in total. The average Bonchev–Trinajstić information content (AvgIpc) is 2.94. The van der Waals surface area contributed by atoms with E-state index in [1.807, 2.05) is 6.92 Å². The highest BCUT2D eigenvalue weighted by molar-refractivity contribution is 14.0. The number of hydrogen-bond donors (Lipinski definition) is 2. The minimum absolute atomic E-state index is 0. The summed E-state index contributed by atoms with van der Waals surface area (Å²) in [6.07, 6.45) is 2.96. The fraction of sp³-hybridized carbons (Fsp3) is 0.375. The van der Waals surface area contributed by atoms with Gasteiger partial charge >= 0.3 is 0 Å². The number of hydrogen-bond acceptors (Lipinski definition) is 5. The molecule has 0 saturated carbocycles. The molecule has 0 aliphatic heterocycles. The van der Waals surface area contributed by atoms with Crippen molar-refractivity contribution in [2.24, 2.45) is 4.99 Å². The fourth-order valence-electron chi connectivity index (χ4n) is 2.24. The first kappa shape index (κ1) is 22.8. The number of thiazole rings is 1. The van der Waals surface area contributed by atoms with Gasteiger partial charge in [0.1, 0.15) is 5.82 Å². The van der Waals surface area contributed by atoms with Crippen molar-refractivity contribution in [2.75, 3.05) is 13.3 Å². The second kappa shape index (κ2) is 10.2. The van der Waals surface area contributed by atoms with Crippen LogP contribution in [0.15, 0.2) is 29.4 Å². The molecule has 0 saturated heterocycles. The Morgan fingerprint density at radius 3 is 2.54 bits per heavy atom. The third kappa shape index (κ3) is 7.54. The van der Waals surface area contributed by atoms with Crippen LogP contribution < -0.4 is 10.6 Å². The zero-order valence-corrected chi connectivity index (χ0v) is 18.7. The average molecular weight is 512 g/mol. The van der Waals surface area contributed by atoms with E-state index in [1.54, 1.807) is 24.6 Å². The highest BCUT2D eigenvalue weighted by atomic mass is 127. The number of nitrogens with one attached hydrogen (secondary N) is 2. The Balaban J connectivity index is 0.00000338. The number of benzene rings is 1. The van der Waals surface area contributed by atoms with Gasteiger partial charge in [0, 0.05) is 30.9 Å². The maximum absolute atomic E-state index is 13.5. The molecule has 0 bridgehead atoms. The number of aryl methyl sites for hydroxylation is 1. The van der Waals surface area contributed by atoms with Gasteiger partial charge in [-0.1, -0.05) is 6.07 Å². The molecule has 1 aromatic carbocycles. The molecule has 0 atom stereocenters. The summed E-state index contributed by atoms with van der Waals surface area (Å²) in [5.41, 5.74) is 1.16. The summed E-state index contributed by atoms with van der Waals surface area (Å²) in [6.45, 7) is 2.78. The number of guanidine groups is 1. The number of rotatable bonds is 6. The zero-order valence-electron chi connectivity index (χ0n) is 14.7. The molecule has 0 spiro atoms. The van der Waals surface area contributed by atoms with E-state index in [0.717, 1.165) is 16.1 Å². The molecule has 10 heteroatoms. The lowest BCUT2D eigenvalue weighted by Gasteiger charge is -2.14. The largest absolute Gasteiger partial charge is 0.352 e. The molecule has 2 aromatic rings. The standard InChI is InChI=1S/C16H21FN4O2S2.HI/c1-11-19-8-15(24-11)9-21-16(18-2)20-7-13-6-14(17)5-4-12(13)10-25(3,22)23;/h4-6,8H,7,9-10H2,1-3H3,(H2,18,20,21);1H. The molecule has 0 aliphatic rings. The van der Waals surface area contributed by atoms with Crippen LogP contribution >= 0.6 is 35.3 Å². The van der Waals surface area contributed by atoms with Gasteiger partial charge in [-0.05, 0) is 30.2 Å². The van der Waals surface area contributed by atoms with Crippen molar-refractivity contribution in [2.45, 2.75) is 25.8 Å². The monoisotopic (exact) mass is 512 g/mol. The Bertz CT molecular complexity index is 869. The van der Waals surface area contributed by atoms with E-state index in [4.69, 9.17) is 0 Å². The first-order chi connectivity index (χ1) is 11.8. The molecule has 1 heterocycles. The quantitative estimate of drug-likeness (QED) is 0.353.